The molecule has 3 heterocycles. The number of nitrogens with one attached hydrogen (secondary N) is 1. The molecule has 160 valence electrons. The van der Waals surface area contributed by atoms with E-state index in [9.17, 15) is 14.7 Å². The minimum atomic E-state index is -1.06. The Kier molecular flexibility index (Phi) is 6.06. The highest BCUT2D eigenvalue weighted by molar-refractivity contribution is 7.09. The molecule has 0 spiro atoms. The Labute approximate surface area is 180 Å². The highest BCUT2D eigenvalue weighted by atomic mass is 32.1. The van der Waals surface area contributed by atoms with Gasteiger partial charge < -0.3 is 15.3 Å². The molecule has 2 unspecified atom stereocenters. The summed E-state index contributed by atoms with van der Waals surface area (Å²) in [7, 11) is 0. The summed E-state index contributed by atoms with van der Waals surface area (Å²) in [6.07, 6.45) is 3.31. The summed E-state index contributed by atoms with van der Waals surface area (Å²) < 4.78 is 0. The van der Waals surface area contributed by atoms with Crippen molar-refractivity contribution in [2.75, 3.05) is 18.0 Å². The van der Waals surface area contributed by atoms with Gasteiger partial charge in [0.25, 0.3) is 0 Å². The molecule has 8 heteroatoms. The number of thiazole rings is 1. The Balaban J connectivity index is 1.63. The van der Waals surface area contributed by atoms with Crippen LogP contribution in [0.3, 0.4) is 0 Å². The first-order valence-electron chi connectivity index (χ1n) is 10.5. The number of anilines is 1. The number of hydrogen-bond acceptors (Lipinski definition) is 5. The van der Waals surface area contributed by atoms with Gasteiger partial charge in [0.1, 0.15) is 5.01 Å². The van der Waals surface area contributed by atoms with E-state index in [1.807, 2.05) is 25.1 Å². The number of benzene rings is 1. The van der Waals surface area contributed by atoms with Crippen LogP contribution in [0.2, 0.25) is 0 Å². The molecule has 2 aliphatic heterocycles. The average molecular weight is 429 g/mol. The fourth-order valence-electron chi connectivity index (χ4n) is 4.61. The van der Waals surface area contributed by atoms with Gasteiger partial charge in [-0.3, -0.25) is 9.69 Å². The molecule has 0 radical (unpaired) electrons. The third kappa shape index (κ3) is 4.34. The monoisotopic (exact) mass is 428 g/mol. The normalized spacial score (nSPS) is 21.9. The maximum atomic E-state index is 12.2. The summed E-state index contributed by atoms with van der Waals surface area (Å²) in [5.74, 6) is -0.0391. The Bertz CT molecular complexity index is 938. The minimum absolute atomic E-state index is 0.0391. The molecule has 2 N–H and O–H groups in total. The highest BCUT2D eigenvalue weighted by Gasteiger charge is 2.33. The standard InChI is InChI=1S/C22H28N4O3S/c1-14-10-18(24-22(28)29)17-11-16(6-7-20(17)26(14)15(2)27)19-13-30-21(23-19)12-25-8-4-3-5-9-25/h6-7,11,13-14,18,24H,3-5,8-10,12H2,1-2H3,(H,28,29). The average Bonchev–Trinajstić information content (AvgIpc) is 3.16. The summed E-state index contributed by atoms with van der Waals surface area (Å²) in [6.45, 7) is 6.65. The number of carbonyl (C=O) groups excluding carboxylic acids is 1. The summed E-state index contributed by atoms with van der Waals surface area (Å²) in [5.41, 5.74) is 3.45. The van der Waals surface area contributed by atoms with Crippen LogP contribution in [0.25, 0.3) is 11.3 Å². The van der Waals surface area contributed by atoms with E-state index in [2.05, 4.69) is 15.6 Å². The molecule has 2 aromatic rings. The van der Waals surface area contributed by atoms with E-state index in [-0.39, 0.29) is 18.0 Å². The number of rotatable bonds is 4. The molecular formula is C22H28N4O3S. The predicted octanol–water partition coefficient (Wildman–Crippen LogP) is 4.25. The second-order valence-electron chi connectivity index (χ2n) is 8.21. The van der Waals surface area contributed by atoms with Crippen molar-refractivity contribution in [2.24, 2.45) is 0 Å². The van der Waals surface area contributed by atoms with Crippen LogP contribution in [-0.4, -0.2) is 46.1 Å². The molecule has 1 fully saturated rings. The molecular weight excluding hydrogens is 400 g/mol. The van der Waals surface area contributed by atoms with Gasteiger partial charge in [-0.05, 0) is 57.0 Å². The number of carbonyl (C=O) groups is 2. The molecule has 1 aromatic heterocycles. The van der Waals surface area contributed by atoms with Gasteiger partial charge in [-0.1, -0.05) is 12.5 Å². The number of likely N-dealkylation sites (tertiary alicyclic amines) is 1. The van der Waals surface area contributed by atoms with Crippen LogP contribution in [0.4, 0.5) is 10.5 Å². The number of fused-ring (bicyclic) bond motifs is 1. The molecule has 0 bridgehead atoms. The smallest absolute Gasteiger partial charge is 0.405 e. The number of carboxylic acid groups (broad SMARTS) is 1. The Morgan fingerprint density at radius 3 is 2.73 bits per heavy atom. The van der Waals surface area contributed by atoms with E-state index in [4.69, 9.17) is 4.98 Å². The SMILES string of the molecule is CC(=O)N1c2ccc(-c3csc(CN4CCCCC4)n3)cc2C(NC(=O)O)CC1C. The van der Waals surface area contributed by atoms with Gasteiger partial charge in [0.2, 0.25) is 5.91 Å². The van der Waals surface area contributed by atoms with Gasteiger partial charge in [0.05, 0.1) is 18.3 Å². The first-order valence-corrected chi connectivity index (χ1v) is 11.4. The fourth-order valence-corrected chi connectivity index (χ4v) is 5.46. The van der Waals surface area contributed by atoms with E-state index < -0.39 is 6.09 Å². The van der Waals surface area contributed by atoms with Crippen molar-refractivity contribution in [3.05, 3.63) is 34.2 Å². The van der Waals surface area contributed by atoms with Crippen LogP contribution in [-0.2, 0) is 11.3 Å². The van der Waals surface area contributed by atoms with Crippen molar-refractivity contribution in [3.63, 3.8) is 0 Å². The summed E-state index contributed by atoms with van der Waals surface area (Å²) in [5, 5.41) is 15.1. The van der Waals surface area contributed by atoms with E-state index in [0.29, 0.717) is 6.42 Å². The number of amides is 2. The maximum absolute atomic E-state index is 12.2. The summed E-state index contributed by atoms with van der Waals surface area (Å²) >= 11 is 1.67. The van der Waals surface area contributed by atoms with Crippen molar-refractivity contribution in [1.82, 2.24) is 15.2 Å². The van der Waals surface area contributed by atoms with E-state index >= 15 is 0 Å². The second kappa shape index (κ2) is 8.73. The fraction of sp³-hybridized carbons (Fsp3) is 0.500. The van der Waals surface area contributed by atoms with E-state index in [1.165, 1.54) is 19.3 Å². The number of hydrogen-bond donors (Lipinski definition) is 2. The van der Waals surface area contributed by atoms with Crippen LogP contribution in [0.5, 0.6) is 0 Å². The van der Waals surface area contributed by atoms with Crippen molar-refractivity contribution >= 4 is 29.0 Å². The number of aromatic nitrogens is 1. The molecule has 2 aliphatic rings. The number of nitrogens with zero attached hydrogens (tertiary/aromatic N) is 3. The zero-order valence-corrected chi connectivity index (χ0v) is 18.2. The lowest BCUT2D eigenvalue weighted by Gasteiger charge is -2.39. The first-order chi connectivity index (χ1) is 14.4. The molecule has 4 rings (SSSR count). The van der Waals surface area contributed by atoms with Gasteiger partial charge >= 0.3 is 6.09 Å². The van der Waals surface area contributed by atoms with Gasteiger partial charge in [-0.15, -0.1) is 11.3 Å². The van der Waals surface area contributed by atoms with Crippen LogP contribution < -0.4 is 10.2 Å². The lowest BCUT2D eigenvalue weighted by molar-refractivity contribution is -0.117. The lowest BCUT2D eigenvalue weighted by Crippen LogP contribution is -2.45. The van der Waals surface area contributed by atoms with Crippen molar-refractivity contribution < 1.29 is 14.7 Å². The molecule has 2 amide bonds. The second-order valence-corrected chi connectivity index (χ2v) is 9.16. The zero-order valence-electron chi connectivity index (χ0n) is 17.4. The minimum Gasteiger partial charge on any atom is -0.465 e. The zero-order chi connectivity index (χ0) is 21.3. The van der Waals surface area contributed by atoms with Crippen molar-refractivity contribution in [3.8, 4) is 11.3 Å². The third-order valence-corrected chi connectivity index (χ3v) is 6.81. The molecule has 7 nitrogen and oxygen atoms in total. The van der Waals surface area contributed by atoms with Gasteiger partial charge in [-0.2, -0.15) is 0 Å². The van der Waals surface area contributed by atoms with Gasteiger partial charge in [-0.25, -0.2) is 9.78 Å². The van der Waals surface area contributed by atoms with Crippen LogP contribution in [0, 0.1) is 0 Å². The predicted molar refractivity (Wildman–Crippen MR) is 118 cm³/mol. The molecule has 0 aliphatic carbocycles. The quantitative estimate of drug-likeness (QED) is 0.760. The molecule has 2 atom stereocenters. The van der Waals surface area contributed by atoms with Gasteiger partial charge in [0.15, 0.2) is 0 Å². The van der Waals surface area contributed by atoms with Crippen LogP contribution in [0.15, 0.2) is 23.6 Å². The van der Waals surface area contributed by atoms with Crippen molar-refractivity contribution in [1.29, 1.82) is 0 Å². The van der Waals surface area contributed by atoms with Crippen LogP contribution in [0.1, 0.15) is 56.1 Å². The highest BCUT2D eigenvalue weighted by Crippen LogP contribution is 2.39. The topological polar surface area (TPSA) is 85.8 Å². The Hall–Kier alpha value is -2.45. The Morgan fingerprint density at radius 1 is 1.27 bits per heavy atom. The molecule has 30 heavy (non-hydrogen) atoms. The largest absolute Gasteiger partial charge is 0.465 e. The maximum Gasteiger partial charge on any atom is 0.405 e. The lowest BCUT2D eigenvalue weighted by atomic mass is 9.90. The first kappa shape index (κ1) is 20.8. The molecule has 1 aromatic carbocycles. The molecule has 0 saturated carbocycles. The van der Waals surface area contributed by atoms with Gasteiger partial charge in [0, 0.05) is 29.6 Å². The van der Waals surface area contributed by atoms with E-state index in [0.717, 1.165) is 47.2 Å². The number of piperidine rings is 1. The summed E-state index contributed by atoms with van der Waals surface area (Å²) in [6, 6.07) is 5.45. The third-order valence-electron chi connectivity index (χ3n) is 5.97. The van der Waals surface area contributed by atoms with Crippen LogP contribution >= 0.6 is 11.3 Å². The van der Waals surface area contributed by atoms with Crippen molar-refractivity contribution in [2.45, 2.75) is 58.2 Å². The Morgan fingerprint density at radius 2 is 2.03 bits per heavy atom. The summed E-state index contributed by atoms with van der Waals surface area (Å²) in [4.78, 5) is 32.6. The molecule has 1 saturated heterocycles. The van der Waals surface area contributed by atoms with E-state index in [1.54, 1.807) is 23.2 Å².